The minimum atomic E-state index is -0.693. The van der Waals surface area contributed by atoms with Crippen LogP contribution in [0.3, 0.4) is 0 Å². The van der Waals surface area contributed by atoms with Gasteiger partial charge in [0.15, 0.2) is 0 Å². The summed E-state index contributed by atoms with van der Waals surface area (Å²) in [6.45, 7) is 11.4. The van der Waals surface area contributed by atoms with Gasteiger partial charge in [0.1, 0.15) is 11.8 Å². The number of nitrogens with two attached hydrogens (primary N) is 1. The molecule has 250 valence electrons. The van der Waals surface area contributed by atoms with Crippen LogP contribution in [-0.2, 0) is 31.6 Å². The molecule has 2 fully saturated rings. The lowest BCUT2D eigenvalue weighted by molar-refractivity contribution is -0.130. The fourth-order valence-electron chi connectivity index (χ4n) is 8.12. The van der Waals surface area contributed by atoms with Gasteiger partial charge >= 0.3 is 0 Å². The predicted octanol–water partition coefficient (Wildman–Crippen LogP) is 3.38. The molecular formula is C37H53N5O4. The molecule has 1 saturated carbocycles. The number of nitrogens with one attached hydrogen (secondary N) is 3. The quantitative estimate of drug-likeness (QED) is 0.203. The zero-order chi connectivity index (χ0) is 33.1. The molecule has 6 atom stereocenters. The van der Waals surface area contributed by atoms with Crippen molar-refractivity contribution in [3.05, 3.63) is 65.2 Å². The molecule has 5 rings (SSSR count). The third kappa shape index (κ3) is 6.95. The number of hydrogen-bond donors (Lipinski definition) is 5. The highest BCUT2D eigenvalue weighted by atomic mass is 16.3. The highest BCUT2D eigenvalue weighted by Gasteiger charge is 2.62. The monoisotopic (exact) mass is 631 g/mol. The van der Waals surface area contributed by atoms with E-state index in [1.165, 1.54) is 11.1 Å². The summed E-state index contributed by atoms with van der Waals surface area (Å²) in [6.07, 6.45) is 4.79. The third-order valence-electron chi connectivity index (χ3n) is 11.1. The number of aromatic hydroxyl groups is 1. The van der Waals surface area contributed by atoms with Crippen molar-refractivity contribution >= 4 is 17.7 Å². The van der Waals surface area contributed by atoms with E-state index < -0.39 is 11.5 Å². The fourth-order valence-corrected chi connectivity index (χ4v) is 8.12. The van der Waals surface area contributed by atoms with Gasteiger partial charge in [-0.1, -0.05) is 64.1 Å². The second-order valence-corrected chi connectivity index (χ2v) is 14.5. The van der Waals surface area contributed by atoms with Gasteiger partial charge in [0.05, 0.1) is 12.0 Å². The van der Waals surface area contributed by atoms with Crippen LogP contribution >= 0.6 is 0 Å². The standard InChI is InChI=1S/C37H53N5O4/c1-24(2)18-31(34(45)39-16-9-8-15-38)41-33(44)22-40-35(46)37(27-10-6-5-7-11-27)21-28(37)23-42-17-14-36(4)25(3)32(42)19-26-12-13-29(43)20-30(26)36/h5-7,10-13,20,24-25,28,31-32,43H,8-9,14-19,21-23,38H2,1-4H3,(H,39,45)(H,40,46)(H,41,44)/t25?,28?,31?,32?,36-,37+/m1/s1. The van der Waals surface area contributed by atoms with Crippen LogP contribution in [0.25, 0.3) is 0 Å². The molecule has 6 N–H and O–H groups in total. The van der Waals surface area contributed by atoms with Crippen LogP contribution in [0.15, 0.2) is 48.5 Å². The highest BCUT2D eigenvalue weighted by molar-refractivity contribution is 5.95. The minimum absolute atomic E-state index is 0.00704. The van der Waals surface area contributed by atoms with Crippen LogP contribution < -0.4 is 21.7 Å². The number of benzene rings is 2. The zero-order valence-corrected chi connectivity index (χ0v) is 28.0. The molecule has 1 heterocycles. The number of rotatable bonds is 14. The number of unbranched alkanes of at least 4 members (excludes halogenated alkanes) is 1. The Labute approximate surface area is 274 Å². The fraction of sp³-hybridized carbons (Fsp3) is 0.595. The van der Waals surface area contributed by atoms with Crippen LogP contribution in [0.2, 0.25) is 0 Å². The molecule has 0 radical (unpaired) electrons. The lowest BCUT2D eigenvalue weighted by Gasteiger charge is -2.55. The van der Waals surface area contributed by atoms with Crippen LogP contribution in [0, 0.1) is 17.8 Å². The Morgan fingerprint density at radius 2 is 1.85 bits per heavy atom. The molecule has 2 bridgehead atoms. The summed E-state index contributed by atoms with van der Waals surface area (Å²) >= 11 is 0. The van der Waals surface area contributed by atoms with E-state index in [1.54, 1.807) is 6.07 Å². The molecular weight excluding hydrogens is 578 g/mol. The number of amides is 3. The molecule has 2 aromatic rings. The van der Waals surface area contributed by atoms with E-state index in [9.17, 15) is 19.5 Å². The van der Waals surface area contributed by atoms with Crippen molar-refractivity contribution in [2.24, 2.45) is 23.5 Å². The molecule has 9 nitrogen and oxygen atoms in total. The number of fused-ring (bicyclic) bond motifs is 4. The first-order valence-electron chi connectivity index (χ1n) is 17.2. The van der Waals surface area contributed by atoms with Gasteiger partial charge in [-0.2, -0.15) is 0 Å². The number of phenols is 1. The number of likely N-dealkylation sites (tertiary alicyclic amines) is 1. The normalized spacial score (nSPS) is 27.4. The van der Waals surface area contributed by atoms with E-state index in [0.29, 0.717) is 37.2 Å². The first-order chi connectivity index (χ1) is 22.0. The lowest BCUT2D eigenvalue weighted by Crippen LogP contribution is -2.58. The van der Waals surface area contributed by atoms with E-state index in [2.05, 4.69) is 40.8 Å². The van der Waals surface area contributed by atoms with Gasteiger partial charge in [0, 0.05) is 19.1 Å². The first-order valence-corrected chi connectivity index (χ1v) is 17.2. The number of carbonyl (C=O) groups is 3. The molecule has 2 aliphatic carbocycles. The van der Waals surface area contributed by atoms with E-state index >= 15 is 0 Å². The van der Waals surface area contributed by atoms with Gasteiger partial charge in [-0.15, -0.1) is 0 Å². The number of nitrogens with zero attached hydrogens (tertiary/aromatic N) is 1. The second-order valence-electron chi connectivity index (χ2n) is 14.5. The molecule has 4 unspecified atom stereocenters. The Morgan fingerprint density at radius 1 is 1.09 bits per heavy atom. The summed E-state index contributed by atoms with van der Waals surface area (Å²) in [6, 6.07) is 15.5. The first kappa shape index (κ1) is 33.9. The van der Waals surface area contributed by atoms with Gasteiger partial charge in [0.25, 0.3) is 0 Å². The van der Waals surface area contributed by atoms with Gasteiger partial charge in [-0.25, -0.2) is 0 Å². The summed E-state index contributed by atoms with van der Waals surface area (Å²) in [4.78, 5) is 42.5. The molecule has 3 aliphatic rings. The summed E-state index contributed by atoms with van der Waals surface area (Å²) in [5, 5.41) is 18.9. The van der Waals surface area contributed by atoms with Gasteiger partial charge < -0.3 is 26.8 Å². The van der Waals surface area contributed by atoms with Gasteiger partial charge in [0.2, 0.25) is 17.7 Å². The Hall–Kier alpha value is -3.43. The van der Waals surface area contributed by atoms with Crippen LogP contribution in [-0.4, -0.2) is 72.5 Å². The van der Waals surface area contributed by atoms with Crippen LogP contribution in [0.1, 0.15) is 76.5 Å². The average molecular weight is 632 g/mol. The minimum Gasteiger partial charge on any atom is -0.508 e. The molecule has 9 heteroatoms. The zero-order valence-electron chi connectivity index (χ0n) is 28.0. The Bertz CT molecular complexity index is 1400. The van der Waals surface area contributed by atoms with Crippen molar-refractivity contribution in [1.29, 1.82) is 0 Å². The van der Waals surface area contributed by atoms with Crippen molar-refractivity contribution in [3.8, 4) is 5.75 Å². The van der Waals surface area contributed by atoms with Crippen molar-refractivity contribution in [3.63, 3.8) is 0 Å². The van der Waals surface area contributed by atoms with Gasteiger partial charge in [-0.05, 0) is 104 Å². The van der Waals surface area contributed by atoms with E-state index in [-0.39, 0.29) is 41.5 Å². The highest BCUT2D eigenvalue weighted by Crippen LogP contribution is 2.56. The largest absolute Gasteiger partial charge is 0.508 e. The maximum absolute atomic E-state index is 14.0. The molecule has 2 aromatic carbocycles. The average Bonchev–Trinajstić information content (AvgIpc) is 3.76. The predicted molar refractivity (Wildman–Crippen MR) is 180 cm³/mol. The Balaban J connectivity index is 1.24. The summed E-state index contributed by atoms with van der Waals surface area (Å²) in [7, 11) is 0. The second kappa shape index (κ2) is 14.1. The SMILES string of the molecule is CC(C)CC(NC(=O)CNC(=O)[C@]1(c2ccccc2)CC1CN1CC[C@@]2(C)c3cc(O)ccc3CC1C2C)C(=O)NCCCCN. The van der Waals surface area contributed by atoms with Crippen molar-refractivity contribution in [1.82, 2.24) is 20.9 Å². The maximum Gasteiger partial charge on any atom is 0.242 e. The van der Waals surface area contributed by atoms with Crippen molar-refractivity contribution in [2.45, 2.75) is 89.1 Å². The lowest BCUT2D eigenvalue weighted by atomic mass is 9.59. The number of piperidine rings is 1. The number of carbonyl (C=O) groups excluding carboxylic acids is 3. The summed E-state index contributed by atoms with van der Waals surface area (Å²) in [5.41, 5.74) is 8.43. The van der Waals surface area contributed by atoms with Crippen LogP contribution in [0.4, 0.5) is 0 Å². The molecule has 46 heavy (non-hydrogen) atoms. The van der Waals surface area contributed by atoms with E-state index in [1.807, 2.05) is 50.2 Å². The topological polar surface area (TPSA) is 137 Å². The maximum atomic E-state index is 14.0. The third-order valence-corrected chi connectivity index (χ3v) is 11.1. The Morgan fingerprint density at radius 3 is 2.57 bits per heavy atom. The smallest absolute Gasteiger partial charge is 0.242 e. The molecule has 0 spiro atoms. The molecule has 3 amide bonds. The van der Waals surface area contributed by atoms with Crippen molar-refractivity contribution in [2.75, 3.05) is 32.7 Å². The Kier molecular flexibility index (Phi) is 10.4. The van der Waals surface area contributed by atoms with Gasteiger partial charge in [-0.3, -0.25) is 19.3 Å². The summed E-state index contributed by atoms with van der Waals surface area (Å²) in [5.74, 6) is 0.372. The number of phenolic OH excluding ortho intramolecular Hbond substituents is 1. The summed E-state index contributed by atoms with van der Waals surface area (Å²) < 4.78 is 0. The van der Waals surface area contributed by atoms with Crippen LogP contribution in [0.5, 0.6) is 5.75 Å². The molecule has 1 aliphatic heterocycles. The van der Waals surface area contributed by atoms with Crippen molar-refractivity contribution < 1.29 is 19.5 Å². The number of hydrogen-bond acceptors (Lipinski definition) is 6. The molecule has 1 saturated heterocycles. The van der Waals surface area contributed by atoms with E-state index in [4.69, 9.17) is 5.73 Å². The van der Waals surface area contributed by atoms with E-state index in [0.717, 1.165) is 50.8 Å². The molecule has 0 aromatic heterocycles.